The first-order valence-electron chi connectivity index (χ1n) is 6.38. The Hall–Kier alpha value is -0.0300. The van der Waals surface area contributed by atoms with Crippen molar-refractivity contribution in [3.8, 4) is 0 Å². The van der Waals surface area contributed by atoms with Crippen LogP contribution < -0.4 is 5.32 Å². The monoisotopic (exact) mass is 331 g/mol. The zero-order chi connectivity index (χ0) is 13.5. The van der Waals surface area contributed by atoms with Gasteiger partial charge in [-0.3, -0.25) is 0 Å². The van der Waals surface area contributed by atoms with Crippen molar-refractivity contribution in [2.75, 3.05) is 6.54 Å². The molecule has 0 bridgehead atoms. The number of hydrogen-bond donors (Lipinski definition) is 2. The molecule has 2 atom stereocenters. The van der Waals surface area contributed by atoms with E-state index in [1.165, 1.54) is 10.5 Å². The number of benzene rings is 1. The Bertz CT molecular complexity index is 371. The molecule has 0 aliphatic carbocycles. The number of halogens is 1. The van der Waals surface area contributed by atoms with Crippen LogP contribution in [0.5, 0.6) is 0 Å². The average Bonchev–Trinajstić information content (AvgIpc) is 2.32. The van der Waals surface area contributed by atoms with Crippen molar-refractivity contribution in [2.45, 2.75) is 50.0 Å². The quantitative estimate of drug-likeness (QED) is 0.588. The third-order valence-corrected chi connectivity index (χ3v) is 5.04. The summed E-state index contributed by atoms with van der Waals surface area (Å²) in [6.07, 6.45) is 0.855. The van der Waals surface area contributed by atoms with E-state index in [-0.39, 0.29) is 11.4 Å². The van der Waals surface area contributed by atoms with Gasteiger partial charge in [-0.2, -0.15) is 0 Å². The summed E-state index contributed by atoms with van der Waals surface area (Å²) < 4.78 is 1.11. The fourth-order valence-corrected chi connectivity index (χ4v) is 3.08. The topological polar surface area (TPSA) is 32.3 Å². The van der Waals surface area contributed by atoms with Crippen LogP contribution in [-0.2, 0) is 6.54 Å². The van der Waals surface area contributed by atoms with Crippen molar-refractivity contribution < 1.29 is 5.11 Å². The number of aliphatic hydroxyl groups excluding tert-OH is 1. The fraction of sp³-hybridized carbons (Fsp3) is 0.571. The summed E-state index contributed by atoms with van der Waals surface area (Å²) in [6.45, 7) is 7.99. The van der Waals surface area contributed by atoms with Crippen LogP contribution in [0.1, 0.15) is 32.8 Å². The lowest BCUT2D eigenvalue weighted by Crippen LogP contribution is -2.15. The summed E-state index contributed by atoms with van der Waals surface area (Å²) in [7, 11) is 0. The Balaban J connectivity index is 2.62. The largest absolute Gasteiger partial charge is 0.392 e. The lowest BCUT2D eigenvalue weighted by atomic mass is 10.2. The molecule has 2 N–H and O–H groups in total. The van der Waals surface area contributed by atoms with Crippen molar-refractivity contribution in [3.63, 3.8) is 0 Å². The van der Waals surface area contributed by atoms with Gasteiger partial charge >= 0.3 is 0 Å². The molecule has 1 aromatic carbocycles. The molecule has 2 nitrogen and oxygen atoms in total. The van der Waals surface area contributed by atoms with Gasteiger partial charge in [-0.25, -0.2) is 0 Å². The summed E-state index contributed by atoms with van der Waals surface area (Å²) in [5.41, 5.74) is 1.28. The first-order valence-corrected chi connectivity index (χ1v) is 8.05. The normalized spacial score (nSPS) is 14.5. The van der Waals surface area contributed by atoms with Gasteiger partial charge < -0.3 is 10.4 Å². The maximum Gasteiger partial charge on any atom is 0.0631 e. The molecule has 4 heteroatoms. The van der Waals surface area contributed by atoms with Crippen molar-refractivity contribution in [3.05, 3.63) is 28.2 Å². The molecule has 1 rings (SSSR count). The molecule has 1 aromatic rings. The van der Waals surface area contributed by atoms with E-state index in [1.807, 2.05) is 13.8 Å². The van der Waals surface area contributed by atoms with Gasteiger partial charge in [0, 0.05) is 21.2 Å². The van der Waals surface area contributed by atoms with E-state index >= 15 is 0 Å². The summed E-state index contributed by atoms with van der Waals surface area (Å²) in [6, 6.07) is 6.42. The highest BCUT2D eigenvalue weighted by atomic mass is 79.9. The molecule has 0 amide bonds. The van der Waals surface area contributed by atoms with E-state index in [0.29, 0.717) is 0 Å². The Morgan fingerprint density at radius 1 is 1.39 bits per heavy atom. The Morgan fingerprint density at radius 2 is 2.11 bits per heavy atom. The van der Waals surface area contributed by atoms with Gasteiger partial charge in [0.1, 0.15) is 0 Å². The van der Waals surface area contributed by atoms with Crippen LogP contribution in [0.4, 0.5) is 0 Å². The van der Waals surface area contributed by atoms with E-state index < -0.39 is 0 Å². The smallest absolute Gasteiger partial charge is 0.0631 e. The van der Waals surface area contributed by atoms with Gasteiger partial charge in [0.15, 0.2) is 0 Å². The first kappa shape index (κ1) is 16.0. The lowest BCUT2D eigenvalue weighted by Gasteiger charge is -2.15. The van der Waals surface area contributed by atoms with Crippen LogP contribution in [0.25, 0.3) is 0 Å². The molecule has 2 unspecified atom stereocenters. The van der Waals surface area contributed by atoms with Gasteiger partial charge in [0.05, 0.1) is 6.10 Å². The Morgan fingerprint density at radius 3 is 2.67 bits per heavy atom. The van der Waals surface area contributed by atoms with E-state index in [2.05, 4.69) is 46.4 Å². The number of thioether (sulfide) groups is 1. The van der Waals surface area contributed by atoms with Crippen LogP contribution in [-0.4, -0.2) is 23.0 Å². The van der Waals surface area contributed by atoms with Crippen LogP contribution in [0.2, 0.25) is 0 Å². The lowest BCUT2D eigenvalue weighted by molar-refractivity contribution is 0.196. The van der Waals surface area contributed by atoms with Crippen LogP contribution >= 0.6 is 27.7 Å². The van der Waals surface area contributed by atoms with E-state index in [0.717, 1.165) is 24.0 Å². The number of hydrogen-bond acceptors (Lipinski definition) is 3. The molecule has 0 aliphatic heterocycles. The zero-order valence-corrected chi connectivity index (χ0v) is 13.6. The molecule has 0 saturated carbocycles. The molecule has 0 radical (unpaired) electrons. The van der Waals surface area contributed by atoms with E-state index in [9.17, 15) is 5.11 Å². The van der Waals surface area contributed by atoms with Crippen LogP contribution in [0.15, 0.2) is 27.6 Å². The van der Waals surface area contributed by atoms with Crippen LogP contribution in [0, 0.1) is 0 Å². The average molecular weight is 332 g/mol. The van der Waals surface area contributed by atoms with Crippen molar-refractivity contribution in [1.82, 2.24) is 5.32 Å². The van der Waals surface area contributed by atoms with Gasteiger partial charge in [-0.05, 0) is 53.5 Å². The van der Waals surface area contributed by atoms with Gasteiger partial charge in [-0.1, -0.05) is 19.9 Å². The van der Waals surface area contributed by atoms with Gasteiger partial charge in [0.25, 0.3) is 0 Å². The standard InChI is InChI=1S/C14H22BrNOS/c1-4-7-16-9-12-5-6-14(13(15)8-12)18-11(3)10(2)17/h5-6,8,10-11,16-17H,4,7,9H2,1-3H3. The van der Waals surface area contributed by atoms with Crippen molar-refractivity contribution >= 4 is 27.7 Å². The van der Waals surface area contributed by atoms with Crippen LogP contribution in [0.3, 0.4) is 0 Å². The highest BCUT2D eigenvalue weighted by Gasteiger charge is 2.12. The second-order valence-corrected chi connectivity index (χ2v) is 6.78. The Kier molecular flexibility index (Phi) is 7.30. The minimum atomic E-state index is -0.298. The van der Waals surface area contributed by atoms with Crippen molar-refractivity contribution in [2.24, 2.45) is 0 Å². The predicted molar refractivity (Wildman–Crippen MR) is 83.1 cm³/mol. The van der Waals surface area contributed by atoms with Crippen molar-refractivity contribution in [1.29, 1.82) is 0 Å². The molecular weight excluding hydrogens is 310 g/mol. The molecule has 0 aliphatic rings. The predicted octanol–water partition coefficient (Wildman–Crippen LogP) is 3.81. The summed E-state index contributed by atoms with van der Waals surface area (Å²) in [5, 5.41) is 13.1. The summed E-state index contributed by atoms with van der Waals surface area (Å²) in [5.74, 6) is 0. The third-order valence-electron chi connectivity index (χ3n) is 2.74. The fourth-order valence-electron chi connectivity index (χ4n) is 1.46. The minimum absolute atomic E-state index is 0.199. The molecule has 102 valence electrons. The second-order valence-electron chi connectivity index (χ2n) is 4.51. The van der Waals surface area contributed by atoms with Gasteiger partial charge in [0.2, 0.25) is 0 Å². The molecule has 0 heterocycles. The molecule has 0 saturated heterocycles. The third kappa shape index (κ3) is 5.31. The second kappa shape index (κ2) is 8.20. The van der Waals surface area contributed by atoms with Gasteiger partial charge in [-0.15, -0.1) is 11.8 Å². The summed E-state index contributed by atoms with van der Waals surface area (Å²) in [4.78, 5) is 1.18. The molecule has 0 aromatic heterocycles. The number of rotatable bonds is 7. The minimum Gasteiger partial charge on any atom is -0.392 e. The zero-order valence-electron chi connectivity index (χ0n) is 11.2. The first-order chi connectivity index (χ1) is 8.54. The maximum absolute atomic E-state index is 9.52. The highest BCUT2D eigenvalue weighted by Crippen LogP contribution is 2.32. The molecule has 0 fully saturated rings. The maximum atomic E-state index is 9.52. The van der Waals surface area contributed by atoms with E-state index in [1.54, 1.807) is 11.8 Å². The summed E-state index contributed by atoms with van der Waals surface area (Å²) >= 11 is 5.30. The molecule has 18 heavy (non-hydrogen) atoms. The van der Waals surface area contributed by atoms with E-state index in [4.69, 9.17) is 0 Å². The highest BCUT2D eigenvalue weighted by molar-refractivity contribution is 9.10. The Labute approximate surface area is 123 Å². The molecule has 0 spiro atoms. The number of aliphatic hydroxyl groups is 1. The molecular formula is C14H22BrNOS. The number of nitrogens with one attached hydrogen (secondary N) is 1. The SMILES string of the molecule is CCCNCc1ccc(SC(C)C(C)O)c(Br)c1.